The van der Waals surface area contributed by atoms with Crippen molar-refractivity contribution < 1.29 is 36.2 Å². The van der Waals surface area contributed by atoms with Gasteiger partial charge < -0.3 is 14.8 Å². The van der Waals surface area contributed by atoms with Gasteiger partial charge in [0.05, 0.1) is 17.9 Å². The summed E-state index contributed by atoms with van der Waals surface area (Å²) in [5.41, 5.74) is -1.86. The summed E-state index contributed by atoms with van der Waals surface area (Å²) in [5, 5.41) is 11.3. The number of nitrogens with one attached hydrogen (secondary N) is 1. The van der Waals surface area contributed by atoms with Crippen LogP contribution in [-0.2, 0) is 11.0 Å². The van der Waals surface area contributed by atoms with Crippen LogP contribution in [0.4, 0.5) is 27.6 Å². The lowest BCUT2D eigenvalue weighted by Gasteiger charge is -2.13. The molecular weight excluding hydrogens is 411 g/mol. The molecule has 30 heavy (non-hydrogen) atoms. The zero-order valence-corrected chi connectivity index (χ0v) is 15.5. The molecule has 10 heteroatoms. The van der Waals surface area contributed by atoms with Crippen LogP contribution >= 0.6 is 0 Å². The molecule has 0 heterocycles. The summed E-state index contributed by atoms with van der Waals surface area (Å²) in [5.74, 6) is -1.36. The third-order valence-corrected chi connectivity index (χ3v) is 3.64. The second-order valence-corrected chi connectivity index (χ2v) is 5.68. The first-order valence-corrected chi connectivity index (χ1v) is 8.46. The van der Waals surface area contributed by atoms with E-state index >= 15 is 0 Å². The Morgan fingerprint density at radius 2 is 1.90 bits per heavy atom. The smallest absolute Gasteiger partial charge is 0.418 e. The summed E-state index contributed by atoms with van der Waals surface area (Å²) in [6.45, 7) is -1.34. The van der Waals surface area contributed by atoms with Gasteiger partial charge in [-0.3, -0.25) is 4.79 Å². The van der Waals surface area contributed by atoms with Crippen molar-refractivity contribution in [2.45, 2.75) is 19.7 Å². The molecule has 2 aromatic carbocycles. The molecule has 0 aliphatic rings. The minimum absolute atomic E-state index is 0.0494. The Morgan fingerprint density at radius 3 is 2.50 bits per heavy atom. The van der Waals surface area contributed by atoms with Crippen molar-refractivity contribution in [2.75, 3.05) is 11.9 Å². The molecule has 0 atom stereocenters. The lowest BCUT2D eigenvalue weighted by Crippen LogP contribution is -2.17. The van der Waals surface area contributed by atoms with E-state index in [4.69, 9.17) is 4.74 Å². The quantitative estimate of drug-likeness (QED) is 0.373. The molecule has 1 amide bonds. The molecule has 0 unspecified atom stereocenters. The average molecular weight is 426 g/mol. The number of alkyl halides is 5. The van der Waals surface area contributed by atoms with Gasteiger partial charge in [-0.05, 0) is 42.8 Å². The highest BCUT2D eigenvalue weighted by Crippen LogP contribution is 2.35. The zero-order chi connectivity index (χ0) is 22.3. The van der Waals surface area contributed by atoms with Crippen molar-refractivity contribution >= 4 is 17.7 Å². The average Bonchev–Trinajstić information content (AvgIpc) is 2.67. The predicted octanol–water partition coefficient (Wildman–Crippen LogP) is 5.25. The van der Waals surface area contributed by atoms with Gasteiger partial charge in [0, 0.05) is 0 Å². The first-order chi connectivity index (χ1) is 14.2. The largest absolute Gasteiger partial charge is 0.490 e. The SMILES string of the molecule is CCOc1cc(/C=C(\C#N)C(=O)Nc2ccccc2C(F)(F)F)ccc1OC(F)F. The van der Waals surface area contributed by atoms with Gasteiger partial charge in [0.25, 0.3) is 5.91 Å². The third kappa shape index (κ3) is 5.94. The number of carbonyl (C=O) groups is 1. The number of hydrogen-bond donors (Lipinski definition) is 1. The molecule has 1 N–H and O–H groups in total. The molecule has 5 nitrogen and oxygen atoms in total. The van der Waals surface area contributed by atoms with Crippen molar-refractivity contribution in [1.29, 1.82) is 5.26 Å². The van der Waals surface area contributed by atoms with Crippen LogP contribution in [0.3, 0.4) is 0 Å². The molecule has 0 aliphatic carbocycles. The fraction of sp³-hybridized carbons (Fsp3) is 0.200. The van der Waals surface area contributed by atoms with Crippen LogP contribution in [0.1, 0.15) is 18.1 Å². The fourth-order valence-corrected chi connectivity index (χ4v) is 2.42. The number of anilines is 1. The van der Waals surface area contributed by atoms with Gasteiger partial charge in [0.2, 0.25) is 0 Å². The molecule has 0 aromatic heterocycles. The van der Waals surface area contributed by atoms with E-state index < -0.39 is 35.5 Å². The number of benzene rings is 2. The maximum Gasteiger partial charge on any atom is 0.418 e. The molecule has 2 rings (SSSR count). The highest BCUT2D eigenvalue weighted by atomic mass is 19.4. The van der Waals surface area contributed by atoms with Crippen molar-refractivity contribution in [3.8, 4) is 17.6 Å². The van der Waals surface area contributed by atoms with Gasteiger partial charge in [0.1, 0.15) is 11.6 Å². The number of para-hydroxylation sites is 1. The third-order valence-electron chi connectivity index (χ3n) is 3.64. The first kappa shape index (κ1) is 22.7. The lowest BCUT2D eigenvalue weighted by atomic mass is 10.1. The van der Waals surface area contributed by atoms with E-state index in [1.807, 2.05) is 0 Å². The molecule has 0 fully saturated rings. The summed E-state index contributed by atoms with van der Waals surface area (Å²) in [6, 6.07) is 9.62. The number of amides is 1. The number of nitrogens with zero attached hydrogens (tertiary/aromatic N) is 1. The number of hydrogen-bond acceptors (Lipinski definition) is 4. The highest BCUT2D eigenvalue weighted by Gasteiger charge is 2.33. The molecule has 0 saturated carbocycles. The second-order valence-electron chi connectivity index (χ2n) is 5.68. The maximum absolute atomic E-state index is 13.1. The van der Waals surface area contributed by atoms with Crippen molar-refractivity contribution in [3.05, 3.63) is 59.2 Å². The van der Waals surface area contributed by atoms with E-state index in [0.717, 1.165) is 30.3 Å². The van der Waals surface area contributed by atoms with Crippen molar-refractivity contribution in [2.24, 2.45) is 0 Å². The van der Waals surface area contributed by atoms with Gasteiger partial charge in [-0.1, -0.05) is 18.2 Å². The molecular formula is C20H15F5N2O3. The Labute approximate surface area is 168 Å². The van der Waals surface area contributed by atoms with Crippen LogP contribution in [0.15, 0.2) is 48.0 Å². The van der Waals surface area contributed by atoms with Crippen LogP contribution in [0.5, 0.6) is 11.5 Å². The molecule has 0 saturated heterocycles. The predicted molar refractivity (Wildman–Crippen MR) is 97.9 cm³/mol. The summed E-state index contributed by atoms with van der Waals surface area (Å²) in [4.78, 5) is 12.3. The van der Waals surface area contributed by atoms with Gasteiger partial charge in [-0.15, -0.1) is 0 Å². The Balaban J connectivity index is 2.33. The molecule has 0 radical (unpaired) electrons. The van der Waals surface area contributed by atoms with E-state index in [9.17, 15) is 32.0 Å². The number of nitriles is 1. The van der Waals surface area contributed by atoms with Crippen LogP contribution < -0.4 is 14.8 Å². The zero-order valence-electron chi connectivity index (χ0n) is 15.5. The minimum atomic E-state index is -4.70. The number of carbonyl (C=O) groups excluding carboxylic acids is 1. The highest BCUT2D eigenvalue weighted by molar-refractivity contribution is 6.10. The first-order valence-electron chi connectivity index (χ1n) is 8.46. The van der Waals surface area contributed by atoms with Gasteiger partial charge in [0.15, 0.2) is 11.5 Å². The van der Waals surface area contributed by atoms with Crippen LogP contribution in [0, 0.1) is 11.3 Å². The van der Waals surface area contributed by atoms with Gasteiger partial charge in [-0.2, -0.15) is 27.2 Å². The van der Waals surface area contributed by atoms with Crippen molar-refractivity contribution in [1.82, 2.24) is 0 Å². The summed E-state index contributed by atoms with van der Waals surface area (Å²) in [6.07, 6.45) is -3.62. The lowest BCUT2D eigenvalue weighted by molar-refractivity contribution is -0.137. The topological polar surface area (TPSA) is 71.3 Å². The summed E-state index contributed by atoms with van der Waals surface area (Å²) in [7, 11) is 0. The second kappa shape index (κ2) is 9.73. The summed E-state index contributed by atoms with van der Waals surface area (Å²) < 4.78 is 73.7. The van der Waals surface area contributed by atoms with E-state index in [0.29, 0.717) is 0 Å². The molecule has 0 aliphatic heterocycles. The Morgan fingerprint density at radius 1 is 1.20 bits per heavy atom. The van der Waals surface area contributed by atoms with Crippen LogP contribution in [0.25, 0.3) is 6.08 Å². The molecule has 0 spiro atoms. The Bertz CT molecular complexity index is 981. The van der Waals surface area contributed by atoms with Gasteiger partial charge in [-0.25, -0.2) is 0 Å². The maximum atomic E-state index is 13.1. The number of rotatable bonds is 7. The summed E-state index contributed by atoms with van der Waals surface area (Å²) >= 11 is 0. The van der Waals surface area contributed by atoms with Crippen LogP contribution in [0.2, 0.25) is 0 Å². The van der Waals surface area contributed by atoms with Crippen molar-refractivity contribution in [3.63, 3.8) is 0 Å². The normalized spacial score (nSPS) is 11.7. The standard InChI is InChI=1S/C20H15F5N2O3/c1-2-29-17-10-12(7-8-16(17)30-19(21)22)9-13(11-26)18(28)27-15-6-4-3-5-14(15)20(23,24)25/h3-10,19H,2H2,1H3,(H,27,28)/b13-9+. The Hall–Kier alpha value is -3.61. The van der Waals surface area contributed by atoms with E-state index in [2.05, 4.69) is 10.1 Å². The number of ether oxygens (including phenoxy) is 2. The van der Waals surface area contributed by atoms with E-state index in [1.54, 1.807) is 13.0 Å². The minimum Gasteiger partial charge on any atom is -0.490 e. The monoisotopic (exact) mass is 426 g/mol. The molecule has 158 valence electrons. The Kier molecular flexibility index (Phi) is 7.36. The fourth-order valence-electron chi connectivity index (χ4n) is 2.42. The molecule has 0 bridgehead atoms. The van der Waals surface area contributed by atoms with Gasteiger partial charge >= 0.3 is 12.8 Å². The van der Waals surface area contributed by atoms with Crippen LogP contribution in [-0.4, -0.2) is 19.1 Å². The molecule has 2 aromatic rings. The number of halogens is 5. The van der Waals surface area contributed by atoms with E-state index in [1.165, 1.54) is 18.2 Å². The van der Waals surface area contributed by atoms with E-state index in [-0.39, 0.29) is 23.7 Å².